The monoisotopic (exact) mass is 357 g/mol. The molecule has 0 aliphatic carbocycles. The van der Waals surface area contributed by atoms with E-state index < -0.39 is 24.2 Å². The number of carbonyl (C=O) groups is 2. The third-order valence-electron chi connectivity index (χ3n) is 4.57. The highest BCUT2D eigenvalue weighted by Crippen LogP contribution is 2.28. The molecular weight excluding hydrogens is 337 g/mol. The number of hydrogen-bond donors (Lipinski definition) is 2. The van der Waals surface area contributed by atoms with Crippen molar-refractivity contribution in [1.29, 1.82) is 0 Å². The smallest absolute Gasteiger partial charge is 0.333 e. The Morgan fingerprint density at radius 3 is 2.31 bits per heavy atom. The molecule has 0 saturated carbocycles. The molecule has 0 aromatic heterocycles. The van der Waals surface area contributed by atoms with E-state index in [2.05, 4.69) is 5.32 Å². The molecule has 1 fully saturated rings. The Hall–Kier alpha value is -2.73. The zero-order valence-electron chi connectivity index (χ0n) is 14.3. The van der Waals surface area contributed by atoms with E-state index in [4.69, 9.17) is 9.84 Å². The van der Waals surface area contributed by atoms with Crippen LogP contribution >= 0.6 is 0 Å². The quantitative estimate of drug-likeness (QED) is 0.863. The van der Waals surface area contributed by atoms with Crippen LogP contribution in [0.1, 0.15) is 30.5 Å². The van der Waals surface area contributed by atoms with Crippen LogP contribution in [0, 0.1) is 11.7 Å². The molecule has 1 saturated heterocycles. The van der Waals surface area contributed by atoms with Gasteiger partial charge in [-0.1, -0.05) is 49.4 Å². The number of ether oxygens (including phenoxy) is 1. The third kappa shape index (κ3) is 3.91. The van der Waals surface area contributed by atoms with Gasteiger partial charge in [-0.15, -0.1) is 0 Å². The molecule has 1 aliphatic heterocycles. The van der Waals surface area contributed by atoms with Gasteiger partial charge in [-0.05, 0) is 35.6 Å². The molecule has 3 rings (SSSR count). The average molecular weight is 357 g/mol. The van der Waals surface area contributed by atoms with Crippen LogP contribution in [-0.2, 0) is 14.3 Å². The van der Waals surface area contributed by atoms with Gasteiger partial charge in [0.05, 0.1) is 6.04 Å². The minimum Gasteiger partial charge on any atom is -0.479 e. The van der Waals surface area contributed by atoms with Crippen LogP contribution in [0.2, 0.25) is 0 Å². The lowest BCUT2D eigenvalue weighted by molar-refractivity contribution is -0.153. The van der Waals surface area contributed by atoms with E-state index in [1.165, 1.54) is 12.1 Å². The number of aliphatic carboxylic acids is 1. The van der Waals surface area contributed by atoms with E-state index in [1.54, 1.807) is 19.1 Å². The Morgan fingerprint density at radius 1 is 1.12 bits per heavy atom. The van der Waals surface area contributed by atoms with Crippen LogP contribution in [-0.4, -0.2) is 29.2 Å². The van der Waals surface area contributed by atoms with Crippen LogP contribution in [0.4, 0.5) is 4.39 Å². The molecule has 136 valence electrons. The molecule has 1 amide bonds. The normalized spacial score (nSPS) is 23.4. The Bertz CT molecular complexity index is 778. The predicted octanol–water partition coefficient (Wildman–Crippen LogP) is 2.91. The second kappa shape index (κ2) is 7.66. The number of carbonyl (C=O) groups excluding carboxylic acids is 1. The molecule has 4 atom stereocenters. The van der Waals surface area contributed by atoms with Crippen molar-refractivity contribution in [3.05, 3.63) is 71.5 Å². The van der Waals surface area contributed by atoms with Gasteiger partial charge in [-0.25, -0.2) is 9.18 Å². The average Bonchev–Trinajstić information content (AvgIpc) is 3.03. The number of carboxylic acid groups (broad SMARTS) is 1. The van der Waals surface area contributed by atoms with Gasteiger partial charge in [0, 0.05) is 0 Å². The maximum absolute atomic E-state index is 13.3. The molecule has 1 heterocycles. The zero-order valence-corrected chi connectivity index (χ0v) is 14.3. The molecule has 26 heavy (non-hydrogen) atoms. The topological polar surface area (TPSA) is 75.6 Å². The summed E-state index contributed by atoms with van der Waals surface area (Å²) in [6.45, 7) is 1.75. The van der Waals surface area contributed by atoms with Crippen molar-refractivity contribution in [3.63, 3.8) is 0 Å². The number of carboxylic acids is 1. The Labute approximate surface area is 150 Å². The number of nitrogens with one attached hydrogen (secondary N) is 1. The first-order valence-corrected chi connectivity index (χ1v) is 8.44. The maximum Gasteiger partial charge on any atom is 0.333 e. The lowest BCUT2D eigenvalue weighted by Crippen LogP contribution is -2.38. The van der Waals surface area contributed by atoms with Gasteiger partial charge in [0.25, 0.3) is 0 Å². The summed E-state index contributed by atoms with van der Waals surface area (Å²) in [4.78, 5) is 23.9. The summed E-state index contributed by atoms with van der Waals surface area (Å²) < 4.78 is 18.7. The molecule has 2 aromatic carbocycles. The van der Waals surface area contributed by atoms with E-state index >= 15 is 0 Å². The van der Waals surface area contributed by atoms with E-state index in [-0.39, 0.29) is 17.6 Å². The minimum atomic E-state index is -1.06. The number of hydrogen-bond acceptors (Lipinski definition) is 3. The van der Waals surface area contributed by atoms with Gasteiger partial charge in [-0.2, -0.15) is 0 Å². The maximum atomic E-state index is 13.3. The summed E-state index contributed by atoms with van der Waals surface area (Å²) in [5.41, 5.74) is 1.57. The minimum absolute atomic E-state index is 0.246. The lowest BCUT2D eigenvalue weighted by Gasteiger charge is -2.22. The van der Waals surface area contributed by atoms with E-state index in [1.807, 2.05) is 30.3 Å². The van der Waals surface area contributed by atoms with Crippen LogP contribution in [0.15, 0.2) is 54.6 Å². The molecule has 1 unspecified atom stereocenters. The fraction of sp³-hybridized carbons (Fsp3) is 0.300. The van der Waals surface area contributed by atoms with Gasteiger partial charge in [0.1, 0.15) is 11.9 Å². The summed E-state index contributed by atoms with van der Waals surface area (Å²) in [6.07, 6.45) is -1.46. The fourth-order valence-corrected chi connectivity index (χ4v) is 3.19. The number of amides is 1. The van der Waals surface area contributed by atoms with E-state index in [9.17, 15) is 14.0 Å². The Balaban J connectivity index is 1.81. The van der Waals surface area contributed by atoms with Crippen molar-refractivity contribution in [2.75, 3.05) is 0 Å². The molecule has 2 aromatic rings. The Morgan fingerprint density at radius 2 is 1.73 bits per heavy atom. The number of rotatable bonds is 5. The summed E-state index contributed by atoms with van der Waals surface area (Å²) in [6, 6.07) is 14.7. The van der Waals surface area contributed by atoms with E-state index in [0.717, 1.165) is 11.1 Å². The van der Waals surface area contributed by atoms with Crippen molar-refractivity contribution in [2.24, 2.45) is 5.92 Å². The predicted molar refractivity (Wildman–Crippen MR) is 92.9 cm³/mol. The second-order valence-electron chi connectivity index (χ2n) is 6.50. The largest absolute Gasteiger partial charge is 0.479 e. The van der Waals surface area contributed by atoms with Crippen LogP contribution < -0.4 is 5.32 Å². The molecule has 2 N–H and O–H groups in total. The molecule has 1 aliphatic rings. The van der Waals surface area contributed by atoms with Gasteiger partial charge in [0.15, 0.2) is 6.10 Å². The first-order valence-electron chi connectivity index (χ1n) is 8.44. The number of benzene rings is 2. The highest BCUT2D eigenvalue weighted by atomic mass is 19.1. The van der Waals surface area contributed by atoms with Gasteiger partial charge in [-0.3, -0.25) is 4.79 Å². The molecule has 5 nitrogen and oxygen atoms in total. The SMILES string of the molecule is C[C@@H]1C[C@H](C(=O)NC(c2ccccc2)c2ccc(F)cc2)O[C@H]1C(=O)O. The summed E-state index contributed by atoms with van der Waals surface area (Å²) >= 11 is 0. The molecule has 6 heteroatoms. The van der Waals surface area contributed by atoms with Crippen molar-refractivity contribution in [3.8, 4) is 0 Å². The third-order valence-corrected chi connectivity index (χ3v) is 4.57. The molecule has 0 bridgehead atoms. The number of halogens is 1. The van der Waals surface area contributed by atoms with Gasteiger partial charge in [0.2, 0.25) is 5.91 Å². The lowest BCUT2D eigenvalue weighted by atomic mass is 9.97. The molecule has 0 radical (unpaired) electrons. The van der Waals surface area contributed by atoms with Crippen LogP contribution in [0.5, 0.6) is 0 Å². The highest BCUT2D eigenvalue weighted by Gasteiger charge is 2.41. The summed E-state index contributed by atoms with van der Waals surface area (Å²) in [7, 11) is 0. The first kappa shape index (κ1) is 18.1. The molecular formula is C20H20FNO4. The van der Waals surface area contributed by atoms with Gasteiger partial charge >= 0.3 is 5.97 Å². The van der Waals surface area contributed by atoms with Gasteiger partial charge < -0.3 is 15.2 Å². The first-order chi connectivity index (χ1) is 12.5. The highest BCUT2D eigenvalue weighted by molar-refractivity contribution is 5.83. The van der Waals surface area contributed by atoms with Crippen LogP contribution in [0.25, 0.3) is 0 Å². The van der Waals surface area contributed by atoms with Crippen LogP contribution in [0.3, 0.4) is 0 Å². The summed E-state index contributed by atoms with van der Waals surface area (Å²) in [5, 5.41) is 12.1. The van der Waals surface area contributed by atoms with Crippen molar-refractivity contribution in [1.82, 2.24) is 5.32 Å². The van der Waals surface area contributed by atoms with Crippen molar-refractivity contribution < 1.29 is 23.8 Å². The van der Waals surface area contributed by atoms with E-state index in [0.29, 0.717) is 6.42 Å². The fourth-order valence-electron chi connectivity index (χ4n) is 3.19. The zero-order chi connectivity index (χ0) is 18.7. The summed E-state index contributed by atoms with van der Waals surface area (Å²) in [5.74, 6) is -2.04. The van der Waals surface area contributed by atoms with Crippen molar-refractivity contribution >= 4 is 11.9 Å². The van der Waals surface area contributed by atoms with Crippen molar-refractivity contribution in [2.45, 2.75) is 31.6 Å². The second-order valence-corrected chi connectivity index (χ2v) is 6.50. The molecule has 0 spiro atoms. The Kier molecular flexibility index (Phi) is 5.32. The standard InChI is InChI=1S/C20H20FNO4/c1-12-11-16(26-18(12)20(24)25)19(23)22-17(13-5-3-2-4-6-13)14-7-9-15(21)10-8-14/h2-10,12,16-18H,11H2,1H3,(H,22,23)(H,24,25)/t12-,16-,17?,18-/m1/s1.